The maximum atomic E-state index is 5.47. The lowest BCUT2D eigenvalue weighted by Crippen LogP contribution is -2.01. The third-order valence-electron chi connectivity index (χ3n) is 2.71. The number of aromatic nitrogens is 6. The summed E-state index contributed by atoms with van der Waals surface area (Å²) in [6.45, 7) is 0.744. The van der Waals surface area contributed by atoms with Crippen molar-refractivity contribution < 1.29 is 4.52 Å². The predicted molar refractivity (Wildman–Crippen MR) is 68.4 cm³/mol. The highest BCUT2D eigenvalue weighted by molar-refractivity contribution is 5.14. The number of hydrogen-bond acceptors (Lipinski definition) is 7. The summed E-state index contributed by atoms with van der Waals surface area (Å²) in [6.07, 6.45) is 5.84. The maximum Gasteiger partial charge on any atom is 0.248 e. The molecule has 0 saturated carbocycles. The number of nitrogens with zero attached hydrogens (tertiary/aromatic N) is 6. The largest absolute Gasteiger partial charge is 0.337 e. The molecule has 2 N–H and O–H groups in total. The van der Waals surface area contributed by atoms with Gasteiger partial charge in [-0.15, -0.1) is 5.10 Å². The molecular formula is C12H13N7O. The van der Waals surface area contributed by atoms with Crippen LogP contribution in [-0.2, 0) is 19.5 Å². The van der Waals surface area contributed by atoms with Gasteiger partial charge in [-0.3, -0.25) is 4.98 Å². The molecule has 0 bridgehead atoms. The van der Waals surface area contributed by atoms with E-state index in [0.717, 1.165) is 11.3 Å². The monoisotopic (exact) mass is 271 g/mol. The molecule has 0 aliphatic carbocycles. The van der Waals surface area contributed by atoms with Crippen molar-refractivity contribution in [3.63, 3.8) is 0 Å². The van der Waals surface area contributed by atoms with Gasteiger partial charge < -0.3 is 10.3 Å². The molecule has 0 aliphatic heterocycles. The Morgan fingerprint density at radius 2 is 2.10 bits per heavy atom. The van der Waals surface area contributed by atoms with E-state index >= 15 is 0 Å². The summed E-state index contributed by atoms with van der Waals surface area (Å²) in [5, 5.41) is 11.8. The van der Waals surface area contributed by atoms with Crippen molar-refractivity contribution in [1.82, 2.24) is 30.1 Å². The first-order chi connectivity index (χ1) is 9.83. The Morgan fingerprint density at radius 1 is 1.25 bits per heavy atom. The molecule has 3 heterocycles. The maximum absolute atomic E-state index is 5.47. The second kappa shape index (κ2) is 5.57. The van der Waals surface area contributed by atoms with Gasteiger partial charge in [0.25, 0.3) is 0 Å². The van der Waals surface area contributed by atoms with Crippen LogP contribution in [0.15, 0.2) is 35.2 Å². The van der Waals surface area contributed by atoms with E-state index in [4.69, 9.17) is 10.3 Å². The zero-order valence-corrected chi connectivity index (χ0v) is 10.7. The van der Waals surface area contributed by atoms with Crippen LogP contribution in [0.4, 0.5) is 0 Å². The van der Waals surface area contributed by atoms with Gasteiger partial charge in [-0.2, -0.15) is 4.98 Å². The van der Waals surface area contributed by atoms with E-state index in [2.05, 4.69) is 25.4 Å². The van der Waals surface area contributed by atoms with E-state index in [1.807, 2.05) is 12.1 Å². The quantitative estimate of drug-likeness (QED) is 0.703. The Kier molecular flexibility index (Phi) is 3.46. The Labute approximate surface area is 114 Å². The molecule has 3 rings (SSSR count). The normalized spacial score (nSPS) is 10.8. The minimum atomic E-state index is 0.358. The summed E-state index contributed by atoms with van der Waals surface area (Å²) in [6, 6.07) is 3.84. The first-order valence-corrected chi connectivity index (χ1v) is 6.13. The predicted octanol–water partition coefficient (Wildman–Crippen LogP) is 0.154. The molecule has 0 saturated heterocycles. The highest BCUT2D eigenvalue weighted by Gasteiger charge is 2.09. The van der Waals surface area contributed by atoms with Gasteiger partial charge in [0, 0.05) is 25.4 Å². The van der Waals surface area contributed by atoms with Crippen LogP contribution >= 0.6 is 0 Å². The number of rotatable bonds is 5. The molecule has 3 aromatic rings. The molecule has 0 aliphatic rings. The standard InChI is InChI=1S/C12H13N7O/c13-6-10-7-19(18-16-10)8-12-15-11(17-20-12)5-9-1-3-14-4-2-9/h1-4,7H,5-6,8,13H2. The van der Waals surface area contributed by atoms with E-state index in [1.54, 1.807) is 23.3 Å². The van der Waals surface area contributed by atoms with E-state index in [9.17, 15) is 0 Å². The molecule has 0 fully saturated rings. The molecule has 8 nitrogen and oxygen atoms in total. The van der Waals surface area contributed by atoms with Crippen molar-refractivity contribution in [3.05, 3.63) is 53.7 Å². The minimum Gasteiger partial charge on any atom is -0.337 e. The van der Waals surface area contributed by atoms with E-state index in [0.29, 0.717) is 31.2 Å². The topological polar surface area (TPSA) is 109 Å². The Balaban J connectivity index is 1.67. The lowest BCUT2D eigenvalue weighted by molar-refractivity contribution is 0.360. The van der Waals surface area contributed by atoms with E-state index in [1.165, 1.54) is 0 Å². The van der Waals surface area contributed by atoms with Crippen LogP contribution in [0.1, 0.15) is 23.0 Å². The van der Waals surface area contributed by atoms with Crippen molar-refractivity contribution in [2.75, 3.05) is 0 Å². The molecule has 0 aromatic carbocycles. The van der Waals surface area contributed by atoms with Gasteiger partial charge in [0.15, 0.2) is 5.82 Å². The van der Waals surface area contributed by atoms with Crippen molar-refractivity contribution in [2.24, 2.45) is 5.73 Å². The molecule has 3 aromatic heterocycles. The van der Waals surface area contributed by atoms with Gasteiger partial charge in [0.2, 0.25) is 5.89 Å². The van der Waals surface area contributed by atoms with Gasteiger partial charge in [-0.25, -0.2) is 4.68 Å². The summed E-state index contributed by atoms with van der Waals surface area (Å²) in [5.74, 6) is 1.12. The number of pyridine rings is 1. The van der Waals surface area contributed by atoms with Crippen LogP contribution in [0.3, 0.4) is 0 Å². The summed E-state index contributed by atoms with van der Waals surface area (Å²) in [7, 11) is 0. The summed E-state index contributed by atoms with van der Waals surface area (Å²) in [5.41, 5.74) is 7.28. The van der Waals surface area contributed by atoms with Crippen molar-refractivity contribution in [2.45, 2.75) is 19.5 Å². The van der Waals surface area contributed by atoms with Crippen molar-refractivity contribution in [3.8, 4) is 0 Å². The van der Waals surface area contributed by atoms with Gasteiger partial charge in [0.1, 0.15) is 6.54 Å². The molecule has 8 heteroatoms. The summed E-state index contributed by atoms with van der Waals surface area (Å²) < 4.78 is 6.80. The second-order valence-corrected chi connectivity index (χ2v) is 4.25. The molecule has 0 amide bonds. The molecule has 0 atom stereocenters. The third kappa shape index (κ3) is 2.86. The Morgan fingerprint density at radius 3 is 2.85 bits per heavy atom. The fraction of sp³-hybridized carbons (Fsp3) is 0.250. The molecule has 0 spiro atoms. The molecular weight excluding hydrogens is 258 g/mol. The fourth-order valence-electron chi connectivity index (χ4n) is 1.76. The van der Waals surface area contributed by atoms with Crippen LogP contribution in [0.25, 0.3) is 0 Å². The zero-order valence-electron chi connectivity index (χ0n) is 10.7. The van der Waals surface area contributed by atoms with E-state index in [-0.39, 0.29) is 0 Å². The SMILES string of the molecule is NCc1cn(Cc2nc(Cc3ccncc3)no2)nn1. The second-order valence-electron chi connectivity index (χ2n) is 4.25. The minimum absolute atomic E-state index is 0.358. The Hall–Kier alpha value is -2.61. The number of hydrogen-bond donors (Lipinski definition) is 1. The van der Waals surface area contributed by atoms with Crippen LogP contribution in [-0.4, -0.2) is 30.1 Å². The average Bonchev–Trinajstić information content (AvgIpc) is 3.10. The third-order valence-corrected chi connectivity index (χ3v) is 2.71. The smallest absolute Gasteiger partial charge is 0.248 e. The van der Waals surface area contributed by atoms with Gasteiger partial charge >= 0.3 is 0 Å². The van der Waals surface area contributed by atoms with Gasteiger partial charge in [-0.1, -0.05) is 10.4 Å². The van der Waals surface area contributed by atoms with Crippen LogP contribution < -0.4 is 5.73 Å². The molecule has 102 valence electrons. The van der Waals surface area contributed by atoms with Gasteiger partial charge in [0.05, 0.1) is 11.9 Å². The first kappa shape index (κ1) is 12.4. The molecule has 0 unspecified atom stereocenters. The van der Waals surface area contributed by atoms with Crippen LogP contribution in [0.2, 0.25) is 0 Å². The van der Waals surface area contributed by atoms with Crippen molar-refractivity contribution >= 4 is 0 Å². The highest BCUT2D eigenvalue weighted by atomic mass is 16.5. The van der Waals surface area contributed by atoms with Crippen LogP contribution in [0, 0.1) is 0 Å². The molecule has 0 radical (unpaired) electrons. The van der Waals surface area contributed by atoms with Crippen LogP contribution in [0.5, 0.6) is 0 Å². The first-order valence-electron chi connectivity index (χ1n) is 6.13. The van der Waals surface area contributed by atoms with Crippen molar-refractivity contribution in [1.29, 1.82) is 0 Å². The lowest BCUT2D eigenvalue weighted by Gasteiger charge is -1.94. The lowest BCUT2D eigenvalue weighted by atomic mass is 10.2. The summed E-state index contributed by atoms with van der Waals surface area (Å²) in [4.78, 5) is 8.28. The fourth-order valence-corrected chi connectivity index (χ4v) is 1.76. The molecule has 20 heavy (non-hydrogen) atoms. The highest BCUT2D eigenvalue weighted by Crippen LogP contribution is 2.06. The summed E-state index contributed by atoms with van der Waals surface area (Å²) >= 11 is 0. The number of nitrogens with two attached hydrogens (primary N) is 1. The average molecular weight is 271 g/mol. The zero-order chi connectivity index (χ0) is 13.8. The van der Waals surface area contributed by atoms with E-state index < -0.39 is 0 Å². The Bertz CT molecular complexity index is 676. The van der Waals surface area contributed by atoms with Gasteiger partial charge in [-0.05, 0) is 17.7 Å².